The highest BCUT2D eigenvalue weighted by Gasteiger charge is 2.24. The maximum absolute atomic E-state index is 11.2. The van der Waals surface area contributed by atoms with Crippen LogP contribution in [0.15, 0.2) is 18.2 Å². The maximum Gasteiger partial charge on any atom is 0.293 e. The Kier molecular flexibility index (Phi) is 4.44. The molecule has 1 saturated heterocycles. The predicted octanol–water partition coefficient (Wildman–Crippen LogP) is 2.53. The fourth-order valence-electron chi connectivity index (χ4n) is 2.34. The minimum absolute atomic E-state index is 0.0288. The quantitative estimate of drug-likeness (QED) is 0.684. The van der Waals surface area contributed by atoms with Gasteiger partial charge in [-0.1, -0.05) is 11.6 Å². The van der Waals surface area contributed by atoms with Crippen LogP contribution in [-0.4, -0.2) is 35.4 Å². The molecule has 0 spiro atoms. The number of rotatable bonds is 4. The van der Waals surface area contributed by atoms with Crippen LogP contribution in [0.5, 0.6) is 0 Å². The van der Waals surface area contributed by atoms with Gasteiger partial charge >= 0.3 is 0 Å². The number of nitrogens with zero attached hydrogens (tertiary/aromatic N) is 2. The van der Waals surface area contributed by atoms with Gasteiger partial charge in [0.05, 0.1) is 4.92 Å². The lowest BCUT2D eigenvalue weighted by molar-refractivity contribution is -0.383. The molecular weight excluding hydrogens is 282 g/mol. The highest BCUT2D eigenvalue weighted by atomic mass is 35.5. The molecule has 1 N–H and O–H groups in total. The maximum atomic E-state index is 11.2. The molecule has 1 aliphatic rings. The van der Waals surface area contributed by atoms with Crippen molar-refractivity contribution in [3.8, 4) is 0 Å². The average molecular weight is 298 g/mol. The van der Waals surface area contributed by atoms with Crippen LogP contribution in [0.2, 0.25) is 5.02 Å². The normalized spacial score (nSPS) is 18.1. The number of hydrogen-bond acceptors (Lipinski definition) is 4. The lowest BCUT2D eigenvalue weighted by atomic mass is 10.1. The largest absolute Gasteiger partial charge is 0.379 e. The number of nitrogens with one attached hydrogen (secondary N) is 1. The van der Waals surface area contributed by atoms with Crippen LogP contribution < -0.4 is 5.32 Å². The van der Waals surface area contributed by atoms with Crippen LogP contribution >= 0.6 is 11.6 Å². The monoisotopic (exact) mass is 297 g/mol. The molecule has 1 amide bonds. The van der Waals surface area contributed by atoms with Crippen LogP contribution in [0.25, 0.3) is 0 Å². The van der Waals surface area contributed by atoms with Crippen molar-refractivity contribution >= 4 is 28.9 Å². The van der Waals surface area contributed by atoms with E-state index in [2.05, 4.69) is 5.32 Å². The number of nitro groups is 1. The molecule has 1 aromatic carbocycles. The van der Waals surface area contributed by atoms with E-state index in [9.17, 15) is 14.9 Å². The van der Waals surface area contributed by atoms with Gasteiger partial charge in [0, 0.05) is 37.6 Å². The number of carbonyl (C=O) groups is 1. The molecule has 7 heteroatoms. The first-order valence-electron chi connectivity index (χ1n) is 6.40. The third-order valence-corrected chi connectivity index (χ3v) is 3.70. The second-order valence-corrected chi connectivity index (χ2v) is 5.36. The summed E-state index contributed by atoms with van der Waals surface area (Å²) in [6.45, 7) is 3.61. The van der Waals surface area contributed by atoms with Gasteiger partial charge in [-0.25, -0.2) is 0 Å². The van der Waals surface area contributed by atoms with E-state index in [4.69, 9.17) is 11.6 Å². The van der Waals surface area contributed by atoms with Gasteiger partial charge < -0.3 is 10.2 Å². The molecule has 1 heterocycles. The lowest BCUT2D eigenvalue weighted by Crippen LogP contribution is -2.27. The average Bonchev–Trinajstić information content (AvgIpc) is 2.86. The van der Waals surface area contributed by atoms with Gasteiger partial charge in [-0.2, -0.15) is 0 Å². The fraction of sp³-hybridized carbons (Fsp3) is 0.462. The van der Waals surface area contributed by atoms with E-state index in [0.717, 1.165) is 13.0 Å². The number of benzene rings is 1. The third-order valence-electron chi connectivity index (χ3n) is 3.47. The lowest BCUT2D eigenvalue weighted by Gasteiger charge is -2.15. The summed E-state index contributed by atoms with van der Waals surface area (Å²) in [4.78, 5) is 23.6. The summed E-state index contributed by atoms with van der Waals surface area (Å²) in [5, 5.41) is 14.4. The van der Waals surface area contributed by atoms with Crippen LogP contribution in [0.1, 0.15) is 13.3 Å². The summed E-state index contributed by atoms with van der Waals surface area (Å²) < 4.78 is 0. The van der Waals surface area contributed by atoms with Crippen molar-refractivity contribution in [2.24, 2.45) is 5.92 Å². The van der Waals surface area contributed by atoms with Crippen molar-refractivity contribution in [2.45, 2.75) is 13.3 Å². The van der Waals surface area contributed by atoms with Crippen LogP contribution in [0, 0.1) is 16.0 Å². The van der Waals surface area contributed by atoms with Crippen molar-refractivity contribution in [1.29, 1.82) is 0 Å². The number of halogens is 1. The van der Waals surface area contributed by atoms with E-state index >= 15 is 0 Å². The molecule has 0 unspecified atom stereocenters. The Morgan fingerprint density at radius 2 is 2.35 bits per heavy atom. The first-order valence-corrected chi connectivity index (χ1v) is 6.78. The van der Waals surface area contributed by atoms with Gasteiger partial charge in [0.1, 0.15) is 5.69 Å². The van der Waals surface area contributed by atoms with Gasteiger partial charge in [0.2, 0.25) is 5.91 Å². The highest BCUT2D eigenvalue weighted by molar-refractivity contribution is 6.30. The fourth-order valence-corrected chi connectivity index (χ4v) is 2.51. The smallest absolute Gasteiger partial charge is 0.293 e. The molecule has 0 saturated carbocycles. The van der Waals surface area contributed by atoms with E-state index in [1.165, 1.54) is 6.07 Å². The number of amides is 1. The summed E-state index contributed by atoms with van der Waals surface area (Å²) in [6.07, 6.45) is 0.911. The van der Waals surface area contributed by atoms with Gasteiger partial charge in [-0.15, -0.1) is 0 Å². The van der Waals surface area contributed by atoms with E-state index < -0.39 is 4.92 Å². The van der Waals surface area contributed by atoms with Crippen molar-refractivity contribution in [1.82, 2.24) is 4.90 Å². The van der Waals surface area contributed by atoms with Crippen molar-refractivity contribution in [3.05, 3.63) is 33.3 Å². The molecule has 0 aliphatic carbocycles. The molecule has 1 atom stereocenters. The summed E-state index contributed by atoms with van der Waals surface area (Å²) >= 11 is 5.77. The molecule has 1 fully saturated rings. The Hall–Kier alpha value is -1.82. The SMILES string of the molecule is CC(=O)N1CC[C@@H](CNc2ccc(Cl)cc2[N+](=O)[O-])C1. The Labute approximate surface area is 121 Å². The van der Waals surface area contributed by atoms with Gasteiger partial charge in [0.15, 0.2) is 0 Å². The van der Waals surface area contributed by atoms with Crippen LogP contribution in [0.4, 0.5) is 11.4 Å². The molecular formula is C13H16ClN3O3. The van der Waals surface area contributed by atoms with E-state index in [1.54, 1.807) is 24.0 Å². The molecule has 0 aromatic heterocycles. The first kappa shape index (κ1) is 14.6. The standard InChI is InChI=1S/C13H16ClN3O3/c1-9(18)16-5-4-10(8-16)7-15-12-3-2-11(14)6-13(12)17(19)20/h2-3,6,10,15H,4-5,7-8H2,1H3/t10-/m0/s1. The molecule has 2 rings (SSSR count). The van der Waals surface area contributed by atoms with Crippen LogP contribution in [0.3, 0.4) is 0 Å². The Morgan fingerprint density at radius 3 is 2.95 bits per heavy atom. The second kappa shape index (κ2) is 6.09. The molecule has 20 heavy (non-hydrogen) atoms. The Balaban J connectivity index is 1.98. The summed E-state index contributed by atoms with van der Waals surface area (Å²) in [7, 11) is 0. The zero-order chi connectivity index (χ0) is 14.7. The van der Waals surface area contributed by atoms with Crippen molar-refractivity contribution in [3.63, 3.8) is 0 Å². The number of carbonyl (C=O) groups excluding carboxylic acids is 1. The Bertz CT molecular complexity index is 536. The van der Waals surface area contributed by atoms with Gasteiger partial charge in [0.25, 0.3) is 5.69 Å². The van der Waals surface area contributed by atoms with Crippen LogP contribution in [-0.2, 0) is 4.79 Å². The molecule has 0 radical (unpaired) electrons. The zero-order valence-corrected chi connectivity index (χ0v) is 11.9. The first-order chi connectivity index (χ1) is 9.47. The molecule has 0 bridgehead atoms. The van der Waals surface area contributed by atoms with E-state index in [1.807, 2.05) is 0 Å². The second-order valence-electron chi connectivity index (χ2n) is 4.92. The van der Waals surface area contributed by atoms with E-state index in [-0.39, 0.29) is 11.6 Å². The molecule has 6 nitrogen and oxygen atoms in total. The highest BCUT2D eigenvalue weighted by Crippen LogP contribution is 2.28. The summed E-state index contributed by atoms with van der Waals surface area (Å²) in [5.41, 5.74) is 0.430. The number of nitro benzene ring substituents is 1. The topological polar surface area (TPSA) is 75.5 Å². The predicted molar refractivity (Wildman–Crippen MR) is 77.0 cm³/mol. The Morgan fingerprint density at radius 1 is 1.60 bits per heavy atom. The third kappa shape index (κ3) is 3.39. The molecule has 1 aliphatic heterocycles. The number of anilines is 1. The summed E-state index contributed by atoms with van der Waals surface area (Å²) in [6, 6.07) is 4.56. The zero-order valence-electron chi connectivity index (χ0n) is 11.1. The summed E-state index contributed by atoms with van der Waals surface area (Å²) in [5.74, 6) is 0.388. The minimum Gasteiger partial charge on any atom is -0.379 e. The van der Waals surface area contributed by atoms with E-state index in [0.29, 0.717) is 29.7 Å². The van der Waals surface area contributed by atoms with Gasteiger partial charge in [-0.3, -0.25) is 14.9 Å². The molecule has 1 aromatic rings. The van der Waals surface area contributed by atoms with Gasteiger partial charge in [-0.05, 0) is 24.5 Å². The van der Waals surface area contributed by atoms with Crippen molar-refractivity contribution < 1.29 is 9.72 Å². The number of likely N-dealkylation sites (tertiary alicyclic amines) is 1. The number of hydrogen-bond donors (Lipinski definition) is 1. The van der Waals surface area contributed by atoms with Crippen molar-refractivity contribution in [2.75, 3.05) is 25.0 Å². The molecule has 108 valence electrons. The minimum atomic E-state index is -0.454.